The van der Waals surface area contributed by atoms with Crippen LogP contribution in [-0.2, 0) is 4.74 Å². The number of hydrogen-bond acceptors (Lipinski definition) is 6. The second-order valence-corrected chi connectivity index (χ2v) is 4.89. The van der Waals surface area contributed by atoms with E-state index < -0.39 is 6.10 Å². The molecule has 6 nitrogen and oxygen atoms in total. The molecule has 1 saturated heterocycles. The molecule has 1 N–H and O–H groups in total. The predicted octanol–water partition coefficient (Wildman–Crippen LogP) is 1.38. The number of hydrogen-bond donors (Lipinski definition) is 1. The number of anilines is 1. The molecule has 1 aromatic heterocycles. The van der Waals surface area contributed by atoms with Crippen LogP contribution in [0.15, 0.2) is 0 Å². The van der Waals surface area contributed by atoms with Crippen molar-refractivity contribution in [1.82, 2.24) is 9.97 Å². The topological polar surface area (TPSA) is 67.7 Å². The van der Waals surface area contributed by atoms with Crippen molar-refractivity contribution in [3.8, 4) is 5.75 Å². The van der Waals surface area contributed by atoms with Gasteiger partial charge < -0.3 is 19.5 Å². The average Bonchev–Trinajstić information content (AvgIpc) is 2.37. The van der Waals surface area contributed by atoms with E-state index in [2.05, 4.69) is 9.97 Å². The van der Waals surface area contributed by atoms with Crippen LogP contribution in [0.25, 0.3) is 0 Å². The average molecular weight is 308 g/mol. The predicted molar refractivity (Wildman–Crippen MR) is 72.3 cm³/mol. The fourth-order valence-electron chi connectivity index (χ4n) is 1.70. The lowest BCUT2D eigenvalue weighted by Crippen LogP contribution is -2.37. The van der Waals surface area contributed by atoms with Crippen LogP contribution in [0.3, 0.4) is 0 Å². The van der Waals surface area contributed by atoms with Crippen LogP contribution in [0.1, 0.15) is 6.92 Å². The van der Waals surface area contributed by atoms with Gasteiger partial charge in [-0.3, -0.25) is 0 Å². The van der Waals surface area contributed by atoms with Gasteiger partial charge in [0.1, 0.15) is 6.61 Å². The first-order valence-electron chi connectivity index (χ1n) is 5.94. The first-order chi connectivity index (χ1) is 9.08. The molecule has 1 unspecified atom stereocenters. The van der Waals surface area contributed by atoms with Crippen molar-refractivity contribution >= 4 is 29.0 Å². The summed E-state index contributed by atoms with van der Waals surface area (Å²) >= 11 is 11.9. The Morgan fingerprint density at radius 3 is 2.68 bits per heavy atom. The van der Waals surface area contributed by atoms with Gasteiger partial charge in [0, 0.05) is 13.1 Å². The Balaban J connectivity index is 2.27. The summed E-state index contributed by atoms with van der Waals surface area (Å²) in [6.45, 7) is 4.30. The zero-order valence-electron chi connectivity index (χ0n) is 10.5. The quantitative estimate of drug-likeness (QED) is 0.669. The van der Waals surface area contributed by atoms with Gasteiger partial charge in [-0.25, -0.2) is 4.98 Å². The van der Waals surface area contributed by atoms with Gasteiger partial charge in [-0.15, -0.1) is 0 Å². The minimum atomic E-state index is -0.607. The van der Waals surface area contributed by atoms with E-state index in [4.69, 9.17) is 32.7 Å². The molecule has 0 amide bonds. The zero-order chi connectivity index (χ0) is 13.8. The molecule has 1 atom stereocenters. The third-order valence-corrected chi connectivity index (χ3v) is 2.98. The third kappa shape index (κ3) is 3.82. The van der Waals surface area contributed by atoms with Crippen molar-refractivity contribution in [2.75, 3.05) is 37.8 Å². The first-order valence-corrected chi connectivity index (χ1v) is 6.70. The number of ether oxygens (including phenoxy) is 2. The molecular weight excluding hydrogens is 293 g/mol. The molecule has 2 heterocycles. The maximum atomic E-state index is 9.29. The van der Waals surface area contributed by atoms with Crippen LogP contribution in [0.5, 0.6) is 5.75 Å². The van der Waals surface area contributed by atoms with E-state index in [1.165, 1.54) is 0 Å². The van der Waals surface area contributed by atoms with Crippen LogP contribution in [0, 0.1) is 0 Å². The Labute approximate surface area is 121 Å². The van der Waals surface area contributed by atoms with E-state index in [1.54, 1.807) is 6.92 Å². The molecule has 1 aliphatic rings. The SMILES string of the molecule is CC(O)COc1c(Cl)nc(Cl)nc1N1CCOCC1. The lowest BCUT2D eigenvalue weighted by Gasteiger charge is -2.29. The van der Waals surface area contributed by atoms with Gasteiger partial charge in [-0.1, -0.05) is 11.6 Å². The molecule has 8 heteroatoms. The summed E-state index contributed by atoms with van der Waals surface area (Å²) in [5.41, 5.74) is 0. The Morgan fingerprint density at radius 2 is 2.05 bits per heavy atom. The molecule has 0 radical (unpaired) electrons. The van der Waals surface area contributed by atoms with E-state index >= 15 is 0 Å². The van der Waals surface area contributed by atoms with Crippen molar-refractivity contribution in [1.29, 1.82) is 0 Å². The number of nitrogens with zero attached hydrogens (tertiary/aromatic N) is 3. The molecular formula is C11H15Cl2N3O3. The Morgan fingerprint density at radius 1 is 1.37 bits per heavy atom. The fourth-order valence-corrected chi connectivity index (χ4v) is 2.13. The fraction of sp³-hybridized carbons (Fsp3) is 0.636. The smallest absolute Gasteiger partial charge is 0.226 e. The van der Waals surface area contributed by atoms with Crippen molar-refractivity contribution < 1.29 is 14.6 Å². The van der Waals surface area contributed by atoms with E-state index in [1.807, 2.05) is 4.90 Å². The Kier molecular flexibility index (Phi) is 5.04. The summed E-state index contributed by atoms with van der Waals surface area (Å²) in [5.74, 6) is 0.878. The van der Waals surface area contributed by atoms with Gasteiger partial charge in [0.05, 0.1) is 19.3 Å². The standard InChI is InChI=1S/C11H15Cl2N3O3/c1-7(17)6-19-8-9(12)14-11(13)15-10(8)16-2-4-18-5-3-16/h7,17H,2-6H2,1H3. The van der Waals surface area contributed by atoms with Gasteiger partial charge in [-0.05, 0) is 18.5 Å². The summed E-state index contributed by atoms with van der Waals surface area (Å²) in [4.78, 5) is 10.0. The lowest BCUT2D eigenvalue weighted by molar-refractivity contribution is 0.117. The summed E-state index contributed by atoms with van der Waals surface area (Å²) in [6.07, 6.45) is -0.607. The van der Waals surface area contributed by atoms with Crippen molar-refractivity contribution in [3.63, 3.8) is 0 Å². The molecule has 1 fully saturated rings. The van der Waals surface area contributed by atoms with E-state index in [-0.39, 0.29) is 17.0 Å². The number of rotatable bonds is 4. The van der Waals surface area contributed by atoms with E-state index in [0.29, 0.717) is 37.9 Å². The highest BCUT2D eigenvalue weighted by molar-refractivity contribution is 6.33. The van der Waals surface area contributed by atoms with Crippen molar-refractivity contribution in [2.45, 2.75) is 13.0 Å². The second kappa shape index (κ2) is 6.56. The third-order valence-electron chi connectivity index (χ3n) is 2.56. The maximum absolute atomic E-state index is 9.29. The number of aromatic nitrogens is 2. The van der Waals surface area contributed by atoms with Crippen LogP contribution < -0.4 is 9.64 Å². The number of morpholine rings is 1. The molecule has 1 aromatic rings. The molecule has 0 aromatic carbocycles. The Bertz CT molecular complexity index is 439. The Hall–Kier alpha value is -0.820. The van der Waals surface area contributed by atoms with Gasteiger partial charge in [0.2, 0.25) is 5.28 Å². The van der Waals surface area contributed by atoms with Crippen LogP contribution in [0.4, 0.5) is 5.82 Å². The van der Waals surface area contributed by atoms with Crippen molar-refractivity contribution in [2.24, 2.45) is 0 Å². The highest BCUT2D eigenvalue weighted by Gasteiger charge is 2.22. The normalized spacial score (nSPS) is 17.4. The molecule has 0 saturated carbocycles. The minimum Gasteiger partial charge on any atom is -0.484 e. The summed E-state index contributed by atoms with van der Waals surface area (Å²) < 4.78 is 10.8. The first kappa shape index (κ1) is 14.6. The van der Waals surface area contributed by atoms with Gasteiger partial charge in [-0.2, -0.15) is 4.98 Å². The number of halogens is 2. The molecule has 1 aliphatic heterocycles. The highest BCUT2D eigenvalue weighted by Crippen LogP contribution is 2.34. The minimum absolute atomic E-state index is 0.0656. The van der Waals surface area contributed by atoms with Gasteiger partial charge in [0.15, 0.2) is 16.7 Å². The largest absolute Gasteiger partial charge is 0.484 e. The monoisotopic (exact) mass is 307 g/mol. The van der Waals surface area contributed by atoms with Crippen LogP contribution in [0.2, 0.25) is 10.4 Å². The lowest BCUT2D eigenvalue weighted by atomic mass is 10.4. The summed E-state index contributed by atoms with van der Waals surface area (Å²) in [7, 11) is 0. The summed E-state index contributed by atoms with van der Waals surface area (Å²) in [6, 6.07) is 0. The van der Waals surface area contributed by atoms with E-state index in [0.717, 1.165) is 0 Å². The van der Waals surface area contributed by atoms with E-state index in [9.17, 15) is 5.11 Å². The van der Waals surface area contributed by atoms with Gasteiger partial charge >= 0.3 is 0 Å². The molecule has 0 spiro atoms. The molecule has 106 valence electrons. The highest BCUT2D eigenvalue weighted by atomic mass is 35.5. The second-order valence-electron chi connectivity index (χ2n) is 4.20. The number of aliphatic hydroxyl groups excluding tert-OH is 1. The van der Waals surface area contributed by atoms with Gasteiger partial charge in [0.25, 0.3) is 0 Å². The molecule has 19 heavy (non-hydrogen) atoms. The molecule has 2 rings (SSSR count). The zero-order valence-corrected chi connectivity index (χ0v) is 12.0. The summed E-state index contributed by atoms with van der Waals surface area (Å²) in [5, 5.41) is 9.50. The number of aliphatic hydroxyl groups is 1. The van der Waals surface area contributed by atoms with Crippen LogP contribution >= 0.6 is 23.2 Å². The van der Waals surface area contributed by atoms with Crippen molar-refractivity contribution in [3.05, 3.63) is 10.4 Å². The molecule has 0 bridgehead atoms. The van der Waals surface area contributed by atoms with Crippen LogP contribution in [-0.4, -0.2) is 54.1 Å². The molecule has 0 aliphatic carbocycles. The maximum Gasteiger partial charge on any atom is 0.226 e.